The molecular formula is C18H14FN7O. The van der Waals surface area contributed by atoms with Gasteiger partial charge in [-0.2, -0.15) is 0 Å². The number of aromatic nitrogens is 6. The van der Waals surface area contributed by atoms with E-state index in [9.17, 15) is 4.39 Å². The van der Waals surface area contributed by atoms with Gasteiger partial charge in [-0.25, -0.2) is 19.3 Å². The Hall–Kier alpha value is -3.62. The molecule has 1 aliphatic heterocycles. The predicted molar refractivity (Wildman–Crippen MR) is 94.7 cm³/mol. The third-order valence-electron chi connectivity index (χ3n) is 4.57. The summed E-state index contributed by atoms with van der Waals surface area (Å²) in [6.45, 7) is 0.861. The fraction of sp³-hybridized carbons (Fsp3) is 0.167. The van der Waals surface area contributed by atoms with E-state index in [4.69, 9.17) is 4.74 Å². The van der Waals surface area contributed by atoms with E-state index >= 15 is 0 Å². The number of fused-ring (bicyclic) bond motifs is 2. The minimum absolute atomic E-state index is 0.259. The molecule has 4 aromatic rings. The van der Waals surface area contributed by atoms with Crippen LogP contribution < -0.4 is 10.1 Å². The quantitative estimate of drug-likeness (QED) is 0.595. The number of nitrogens with zero attached hydrogens (tertiary/aromatic N) is 6. The van der Waals surface area contributed by atoms with Crippen LogP contribution in [-0.4, -0.2) is 36.2 Å². The molecule has 0 aliphatic carbocycles. The van der Waals surface area contributed by atoms with Gasteiger partial charge in [0.25, 0.3) is 0 Å². The molecule has 8 nitrogen and oxygen atoms in total. The first kappa shape index (κ1) is 15.6. The van der Waals surface area contributed by atoms with E-state index < -0.39 is 0 Å². The molecule has 0 amide bonds. The summed E-state index contributed by atoms with van der Waals surface area (Å²) in [5.41, 5.74) is 3.66. The van der Waals surface area contributed by atoms with E-state index in [-0.39, 0.29) is 12.4 Å². The van der Waals surface area contributed by atoms with E-state index in [0.29, 0.717) is 30.2 Å². The van der Waals surface area contributed by atoms with E-state index in [1.54, 1.807) is 35.4 Å². The van der Waals surface area contributed by atoms with Crippen LogP contribution in [0.5, 0.6) is 5.75 Å². The molecule has 0 atom stereocenters. The third-order valence-corrected chi connectivity index (χ3v) is 4.57. The molecule has 1 N–H and O–H groups in total. The molecule has 0 radical (unpaired) electrons. The van der Waals surface area contributed by atoms with Crippen molar-refractivity contribution in [3.63, 3.8) is 0 Å². The SMILES string of the molecule is Fc1ccc2c(c1CNc1ncc(-c3cncnc3)c3nncn13)CCO2. The first-order valence-electron chi connectivity index (χ1n) is 8.42. The van der Waals surface area contributed by atoms with Crippen molar-refractivity contribution in [2.24, 2.45) is 0 Å². The normalized spacial score (nSPS) is 12.8. The van der Waals surface area contributed by atoms with Gasteiger partial charge >= 0.3 is 0 Å². The summed E-state index contributed by atoms with van der Waals surface area (Å²) in [7, 11) is 0. The Morgan fingerprint density at radius 3 is 2.96 bits per heavy atom. The van der Waals surface area contributed by atoms with Gasteiger partial charge in [0.05, 0.1) is 6.61 Å². The first-order chi connectivity index (χ1) is 13.3. The van der Waals surface area contributed by atoms with Crippen molar-refractivity contribution < 1.29 is 9.13 Å². The molecular weight excluding hydrogens is 349 g/mol. The molecule has 1 aliphatic rings. The molecule has 0 saturated heterocycles. The minimum atomic E-state index is -0.259. The smallest absolute Gasteiger partial charge is 0.210 e. The highest BCUT2D eigenvalue weighted by Gasteiger charge is 2.20. The Morgan fingerprint density at radius 2 is 2.07 bits per heavy atom. The number of ether oxygens (including phenoxy) is 1. The van der Waals surface area contributed by atoms with Gasteiger partial charge in [-0.05, 0) is 12.1 Å². The fourth-order valence-electron chi connectivity index (χ4n) is 3.27. The second kappa shape index (κ2) is 6.27. The number of hydrogen-bond acceptors (Lipinski definition) is 7. The second-order valence-corrected chi connectivity index (χ2v) is 6.10. The molecule has 3 aromatic heterocycles. The maximum Gasteiger partial charge on any atom is 0.210 e. The molecule has 0 unspecified atom stereocenters. The highest BCUT2D eigenvalue weighted by atomic mass is 19.1. The maximum absolute atomic E-state index is 14.3. The number of rotatable bonds is 4. The maximum atomic E-state index is 14.3. The third kappa shape index (κ3) is 2.64. The zero-order valence-corrected chi connectivity index (χ0v) is 14.1. The topological polar surface area (TPSA) is 90.1 Å². The summed E-state index contributed by atoms with van der Waals surface area (Å²) in [5, 5.41) is 11.3. The van der Waals surface area contributed by atoms with E-state index in [1.807, 2.05) is 0 Å². The van der Waals surface area contributed by atoms with Crippen molar-refractivity contribution in [1.82, 2.24) is 29.5 Å². The summed E-state index contributed by atoms with van der Waals surface area (Å²) in [4.78, 5) is 12.5. The van der Waals surface area contributed by atoms with Crippen molar-refractivity contribution in [1.29, 1.82) is 0 Å². The monoisotopic (exact) mass is 363 g/mol. The number of hydrogen-bond donors (Lipinski definition) is 1. The number of anilines is 1. The lowest BCUT2D eigenvalue weighted by molar-refractivity contribution is 0.356. The van der Waals surface area contributed by atoms with Crippen molar-refractivity contribution >= 4 is 11.6 Å². The molecule has 5 rings (SSSR count). The minimum Gasteiger partial charge on any atom is -0.493 e. The number of nitrogens with one attached hydrogen (secondary N) is 1. The second-order valence-electron chi connectivity index (χ2n) is 6.10. The van der Waals surface area contributed by atoms with E-state index in [1.165, 1.54) is 12.4 Å². The fourth-order valence-corrected chi connectivity index (χ4v) is 3.27. The van der Waals surface area contributed by atoms with Gasteiger partial charge in [0.2, 0.25) is 5.95 Å². The van der Waals surface area contributed by atoms with Crippen LogP contribution in [0.15, 0.2) is 43.4 Å². The van der Waals surface area contributed by atoms with Crippen LogP contribution in [-0.2, 0) is 13.0 Å². The molecule has 0 spiro atoms. The van der Waals surface area contributed by atoms with E-state index in [2.05, 4.69) is 30.5 Å². The van der Waals surface area contributed by atoms with Crippen LogP contribution in [0, 0.1) is 5.82 Å². The lowest BCUT2D eigenvalue weighted by Gasteiger charge is -2.12. The Kier molecular flexibility index (Phi) is 3.63. The Morgan fingerprint density at radius 1 is 1.19 bits per heavy atom. The van der Waals surface area contributed by atoms with Gasteiger partial charge in [0, 0.05) is 53.8 Å². The molecule has 27 heavy (non-hydrogen) atoms. The van der Waals surface area contributed by atoms with Gasteiger partial charge in [-0.15, -0.1) is 10.2 Å². The standard InChI is InChI=1S/C18H14FN7O/c19-15-1-2-16-12(3-4-27-16)14(15)8-23-18-22-7-13(11-5-20-9-21-6-11)17-25-24-10-26(17)18/h1-2,5-7,9-10H,3-4,8H2,(H,22,23). The number of halogens is 1. The summed E-state index contributed by atoms with van der Waals surface area (Å²) >= 11 is 0. The van der Waals surface area contributed by atoms with Crippen LogP contribution >= 0.6 is 0 Å². The molecule has 0 bridgehead atoms. The zero-order chi connectivity index (χ0) is 18.2. The zero-order valence-electron chi connectivity index (χ0n) is 14.1. The van der Waals surface area contributed by atoms with Gasteiger partial charge in [0.15, 0.2) is 5.65 Å². The van der Waals surface area contributed by atoms with Crippen LogP contribution in [0.4, 0.5) is 10.3 Å². The summed E-state index contributed by atoms with van der Waals surface area (Å²) < 4.78 is 21.6. The van der Waals surface area contributed by atoms with Crippen molar-refractivity contribution in [2.45, 2.75) is 13.0 Å². The molecule has 9 heteroatoms. The summed E-state index contributed by atoms with van der Waals surface area (Å²) in [6, 6.07) is 3.11. The van der Waals surface area contributed by atoms with Gasteiger partial charge in [0.1, 0.15) is 24.2 Å². The largest absolute Gasteiger partial charge is 0.493 e. The highest BCUT2D eigenvalue weighted by Crippen LogP contribution is 2.31. The summed E-state index contributed by atoms with van der Waals surface area (Å²) in [6.07, 6.45) is 8.78. The van der Waals surface area contributed by atoms with Crippen molar-refractivity contribution in [2.75, 3.05) is 11.9 Å². The van der Waals surface area contributed by atoms with Crippen molar-refractivity contribution in [3.05, 3.63) is 60.3 Å². The van der Waals surface area contributed by atoms with Gasteiger partial charge in [-0.1, -0.05) is 0 Å². The van der Waals surface area contributed by atoms with Crippen LogP contribution in [0.2, 0.25) is 0 Å². The van der Waals surface area contributed by atoms with Crippen LogP contribution in [0.1, 0.15) is 11.1 Å². The Labute approximate surface area is 153 Å². The van der Waals surface area contributed by atoms with Gasteiger partial charge < -0.3 is 10.1 Å². The molecule has 0 fully saturated rings. The van der Waals surface area contributed by atoms with Gasteiger partial charge in [-0.3, -0.25) is 4.40 Å². The molecule has 4 heterocycles. The van der Waals surface area contributed by atoms with Crippen LogP contribution in [0.3, 0.4) is 0 Å². The van der Waals surface area contributed by atoms with Crippen LogP contribution in [0.25, 0.3) is 16.8 Å². The highest BCUT2D eigenvalue weighted by molar-refractivity contribution is 5.76. The lowest BCUT2D eigenvalue weighted by atomic mass is 10.0. The summed E-state index contributed by atoms with van der Waals surface area (Å²) in [5.74, 6) is 1.01. The predicted octanol–water partition coefficient (Wildman–Crippen LogP) is 2.27. The average Bonchev–Trinajstić information content (AvgIpc) is 3.37. The molecule has 0 saturated carbocycles. The van der Waals surface area contributed by atoms with Crippen molar-refractivity contribution in [3.8, 4) is 16.9 Å². The molecule has 1 aromatic carbocycles. The number of benzene rings is 1. The first-order valence-corrected chi connectivity index (χ1v) is 8.42. The van der Waals surface area contributed by atoms with E-state index in [0.717, 1.165) is 22.4 Å². The Bertz CT molecular complexity index is 1130. The Balaban J connectivity index is 1.49. The average molecular weight is 363 g/mol. The lowest BCUT2D eigenvalue weighted by Crippen LogP contribution is -2.09. The molecule has 134 valence electrons.